The van der Waals surface area contributed by atoms with Crippen molar-refractivity contribution in [1.29, 1.82) is 0 Å². The molecule has 3 fully saturated rings. The zero-order valence-electron chi connectivity index (χ0n) is 25.9. The third kappa shape index (κ3) is 8.66. The van der Waals surface area contributed by atoms with Gasteiger partial charge < -0.3 is 34.9 Å². The monoisotopic (exact) mass is 670 g/mol. The summed E-state index contributed by atoms with van der Waals surface area (Å²) in [5.41, 5.74) is 1.67. The van der Waals surface area contributed by atoms with Gasteiger partial charge in [0, 0.05) is 47.4 Å². The number of thiophene rings is 1. The third-order valence-electron chi connectivity index (χ3n) is 8.34. The molecule has 2 amide bonds. The van der Waals surface area contributed by atoms with Gasteiger partial charge in [0.25, 0.3) is 0 Å². The molecule has 2 aromatic heterocycles. The van der Waals surface area contributed by atoms with E-state index in [1.807, 2.05) is 17.8 Å². The van der Waals surface area contributed by atoms with E-state index in [0.717, 1.165) is 66.1 Å². The van der Waals surface area contributed by atoms with Crippen molar-refractivity contribution in [2.24, 2.45) is 0 Å². The number of thioether (sulfide) groups is 1. The van der Waals surface area contributed by atoms with Gasteiger partial charge in [-0.2, -0.15) is 11.8 Å². The highest BCUT2D eigenvalue weighted by Gasteiger charge is 2.42. The van der Waals surface area contributed by atoms with Crippen LogP contribution in [0.15, 0.2) is 30.3 Å². The molecule has 3 saturated heterocycles. The Morgan fingerprint density at radius 2 is 1.98 bits per heavy atom. The Morgan fingerprint density at radius 1 is 1.11 bits per heavy atom. The third-order valence-corrected chi connectivity index (χ3v) is 11.0. The number of hydrogen-bond donors (Lipinski definition) is 4. The summed E-state index contributed by atoms with van der Waals surface area (Å²) in [6.45, 7) is 4.95. The van der Waals surface area contributed by atoms with Crippen LogP contribution >= 0.6 is 23.1 Å². The Labute approximate surface area is 277 Å². The summed E-state index contributed by atoms with van der Waals surface area (Å²) in [5.74, 6) is 2.83. The Hall–Kier alpha value is -3.01. The van der Waals surface area contributed by atoms with Gasteiger partial charge in [0.2, 0.25) is 0 Å². The van der Waals surface area contributed by atoms with Gasteiger partial charge in [0.1, 0.15) is 11.5 Å². The van der Waals surface area contributed by atoms with Crippen LogP contribution in [-0.4, -0.2) is 109 Å². The van der Waals surface area contributed by atoms with Crippen LogP contribution in [-0.2, 0) is 25.4 Å². The number of aromatic nitrogens is 2. The van der Waals surface area contributed by atoms with Gasteiger partial charge in [0.05, 0.1) is 68.6 Å². The molecule has 0 saturated carbocycles. The molecule has 0 spiro atoms. The Bertz CT molecular complexity index is 1480. The number of unbranched alkanes of at least 4 members (excludes halogenated alkanes) is 1. The molecule has 0 bridgehead atoms. The number of amides is 2. The molecular formula is C32H42N6O6S2. The molecule has 12 nitrogen and oxygen atoms in total. The van der Waals surface area contributed by atoms with Gasteiger partial charge in [-0.05, 0) is 31.0 Å². The number of fused-ring (bicyclic) bond motifs is 2. The number of urea groups is 1. The first-order valence-corrected chi connectivity index (χ1v) is 17.9. The van der Waals surface area contributed by atoms with Crippen molar-refractivity contribution < 1.29 is 28.9 Å². The average Bonchev–Trinajstić information content (AvgIpc) is 3.76. The second kappa shape index (κ2) is 16.2. The topological polar surface area (TPSA) is 147 Å². The molecule has 14 heteroatoms. The fourth-order valence-electron chi connectivity index (χ4n) is 5.98. The van der Waals surface area contributed by atoms with Crippen molar-refractivity contribution in [3.8, 4) is 17.1 Å². The van der Waals surface area contributed by atoms with Crippen LogP contribution in [0.3, 0.4) is 0 Å². The molecule has 0 radical (unpaired) electrons. The van der Waals surface area contributed by atoms with E-state index >= 15 is 0 Å². The minimum absolute atomic E-state index is 0.0568. The molecule has 4 N–H and O–H groups in total. The van der Waals surface area contributed by atoms with Crippen LogP contribution in [0.25, 0.3) is 21.6 Å². The van der Waals surface area contributed by atoms with Crippen molar-refractivity contribution in [2.75, 3.05) is 70.1 Å². The number of ketones is 1. The summed E-state index contributed by atoms with van der Waals surface area (Å²) in [4.78, 5) is 36.9. The number of phenolic OH excluding ortho intramolecular Hbond substituents is 1. The SMILES string of the molecule is O=C(CCCC[C@@H]1SC[C@@H]2NC(=O)N[C@@H]21)CNCOCCOCCc1cc2nc(-c3cccc(O)c3)nc(N3CCOCC3)c2s1. The summed E-state index contributed by atoms with van der Waals surface area (Å²) in [5, 5.41) is 19.5. The van der Waals surface area contributed by atoms with Crippen LogP contribution in [0.5, 0.6) is 5.75 Å². The van der Waals surface area contributed by atoms with Crippen molar-refractivity contribution in [2.45, 2.75) is 49.4 Å². The number of rotatable bonds is 17. The Kier molecular flexibility index (Phi) is 11.6. The van der Waals surface area contributed by atoms with Gasteiger partial charge in [-0.3, -0.25) is 10.1 Å². The van der Waals surface area contributed by atoms with E-state index in [4.69, 9.17) is 24.2 Å². The highest BCUT2D eigenvalue weighted by atomic mass is 32.2. The quantitative estimate of drug-likeness (QED) is 0.0953. The van der Waals surface area contributed by atoms with Gasteiger partial charge in [-0.15, -0.1) is 11.3 Å². The first-order valence-electron chi connectivity index (χ1n) is 16.0. The molecule has 3 aliphatic heterocycles. The molecule has 6 rings (SSSR count). The molecule has 0 unspecified atom stereocenters. The van der Waals surface area contributed by atoms with Crippen LogP contribution in [0.4, 0.5) is 10.6 Å². The second-order valence-electron chi connectivity index (χ2n) is 11.7. The van der Waals surface area contributed by atoms with Gasteiger partial charge in [-0.25, -0.2) is 14.8 Å². The van der Waals surface area contributed by atoms with Crippen LogP contribution in [0.1, 0.15) is 30.6 Å². The number of nitrogens with one attached hydrogen (secondary N) is 3. The summed E-state index contributed by atoms with van der Waals surface area (Å²) in [7, 11) is 0. The number of anilines is 1. The Morgan fingerprint density at radius 3 is 2.85 bits per heavy atom. The lowest BCUT2D eigenvalue weighted by Gasteiger charge is -2.28. The number of carbonyl (C=O) groups is 2. The minimum Gasteiger partial charge on any atom is -0.508 e. The van der Waals surface area contributed by atoms with Crippen molar-refractivity contribution in [3.05, 3.63) is 35.2 Å². The number of hydrogen-bond acceptors (Lipinski definition) is 12. The van der Waals surface area contributed by atoms with Crippen LogP contribution in [0.2, 0.25) is 0 Å². The molecule has 3 aromatic rings. The summed E-state index contributed by atoms with van der Waals surface area (Å²) < 4.78 is 18.0. The molecule has 248 valence electrons. The first-order chi connectivity index (χ1) is 22.5. The fourth-order valence-corrected chi connectivity index (χ4v) is 8.61. The van der Waals surface area contributed by atoms with Gasteiger partial charge >= 0.3 is 6.03 Å². The second-order valence-corrected chi connectivity index (χ2v) is 14.1. The van der Waals surface area contributed by atoms with E-state index in [0.29, 0.717) is 63.8 Å². The predicted octanol–water partition coefficient (Wildman–Crippen LogP) is 3.32. The van der Waals surface area contributed by atoms with E-state index < -0.39 is 0 Å². The van der Waals surface area contributed by atoms with E-state index in [9.17, 15) is 14.7 Å². The molecule has 3 aliphatic rings. The van der Waals surface area contributed by atoms with Crippen LogP contribution in [0, 0.1) is 0 Å². The number of phenols is 1. The molecular weight excluding hydrogens is 629 g/mol. The largest absolute Gasteiger partial charge is 0.508 e. The standard InChI is InChI=1S/C32H42N6O6S2/c39-22-6-3-4-21(16-22)30-34-25-17-24(46-29(25)31(37-30)38-9-12-43-13-10-38)8-11-42-14-15-44-20-33-18-23(40)5-1-2-7-27-28-26(19-45-27)35-32(41)36-28/h3-4,6,16-17,26-28,33,39H,1-2,5,7-15,18-20H2,(H2,35,36,41)/t26-,27-,28-/m0/s1. The van der Waals surface area contributed by atoms with Gasteiger partial charge in [-0.1, -0.05) is 18.6 Å². The molecule has 1 aromatic carbocycles. The summed E-state index contributed by atoms with van der Waals surface area (Å²) in [6, 6.07) is 9.55. The maximum absolute atomic E-state index is 12.2. The van der Waals surface area contributed by atoms with Gasteiger partial charge in [0.15, 0.2) is 11.6 Å². The number of morpholine rings is 1. The number of aromatic hydroxyl groups is 1. The highest BCUT2D eigenvalue weighted by Crippen LogP contribution is 2.35. The van der Waals surface area contributed by atoms with E-state index in [1.165, 1.54) is 4.88 Å². The number of carbonyl (C=O) groups excluding carboxylic acids is 2. The van der Waals surface area contributed by atoms with Crippen molar-refractivity contribution in [1.82, 2.24) is 25.9 Å². The van der Waals surface area contributed by atoms with E-state index in [2.05, 4.69) is 26.9 Å². The lowest BCUT2D eigenvalue weighted by molar-refractivity contribution is -0.118. The minimum atomic E-state index is -0.0568. The molecule has 46 heavy (non-hydrogen) atoms. The molecule has 5 heterocycles. The fraction of sp³-hybridized carbons (Fsp3) is 0.562. The zero-order valence-corrected chi connectivity index (χ0v) is 27.5. The zero-order chi connectivity index (χ0) is 31.7. The number of Topliss-reactive ketones (excluding diaryl/α,β-unsaturated/α-hetero) is 1. The first kappa shape index (κ1) is 32.9. The van der Waals surface area contributed by atoms with Crippen molar-refractivity contribution >= 4 is 50.9 Å². The molecule has 0 aliphatic carbocycles. The summed E-state index contributed by atoms with van der Waals surface area (Å²) >= 11 is 3.60. The number of ether oxygens (including phenoxy) is 3. The van der Waals surface area contributed by atoms with E-state index in [1.54, 1.807) is 29.5 Å². The number of nitrogens with zero attached hydrogens (tertiary/aromatic N) is 3. The lowest BCUT2D eigenvalue weighted by Crippen LogP contribution is -2.36. The lowest BCUT2D eigenvalue weighted by atomic mass is 10.0. The Balaban J connectivity index is 0.865. The average molecular weight is 671 g/mol. The summed E-state index contributed by atoms with van der Waals surface area (Å²) in [6.07, 6.45) is 4.18. The van der Waals surface area contributed by atoms with E-state index in [-0.39, 0.29) is 29.6 Å². The maximum Gasteiger partial charge on any atom is 0.315 e. The number of benzene rings is 1. The maximum atomic E-state index is 12.2. The smallest absolute Gasteiger partial charge is 0.315 e. The van der Waals surface area contributed by atoms with Crippen molar-refractivity contribution in [3.63, 3.8) is 0 Å². The van der Waals surface area contributed by atoms with Crippen LogP contribution < -0.4 is 20.9 Å². The normalized spacial score (nSPS) is 21.0. The highest BCUT2D eigenvalue weighted by molar-refractivity contribution is 8.00. The molecule has 3 atom stereocenters. The predicted molar refractivity (Wildman–Crippen MR) is 180 cm³/mol.